The fourth-order valence-corrected chi connectivity index (χ4v) is 4.75. The van der Waals surface area contributed by atoms with Crippen molar-refractivity contribution < 1.29 is 32.0 Å². The van der Waals surface area contributed by atoms with Crippen molar-refractivity contribution in [2.75, 3.05) is 19.8 Å². The first kappa shape index (κ1) is 25.9. The van der Waals surface area contributed by atoms with E-state index in [0.717, 1.165) is 4.90 Å². The predicted molar refractivity (Wildman–Crippen MR) is 128 cm³/mol. The number of rotatable bonds is 10. The largest absolute Gasteiger partial charge is 0.435 e. The molecule has 1 N–H and O–H groups in total. The molecule has 3 aromatic rings. The van der Waals surface area contributed by atoms with Gasteiger partial charge in [-0.15, -0.1) is 0 Å². The molecule has 186 valence electrons. The van der Waals surface area contributed by atoms with Crippen LogP contribution in [0, 0.1) is 0 Å². The van der Waals surface area contributed by atoms with Crippen LogP contribution in [0.3, 0.4) is 0 Å². The average Bonchev–Trinajstić information content (AvgIpc) is 3.26. The van der Waals surface area contributed by atoms with Gasteiger partial charge in [0, 0.05) is 14.1 Å². The van der Waals surface area contributed by atoms with E-state index in [4.69, 9.17) is 9.15 Å². The number of ether oxygens (including phenoxy) is 1. The first-order chi connectivity index (χ1) is 16.6. The van der Waals surface area contributed by atoms with Crippen LogP contribution in [0.15, 0.2) is 59.0 Å². The molecule has 2 aromatic carbocycles. The van der Waals surface area contributed by atoms with Crippen LogP contribution in [0.25, 0.3) is 11.1 Å². The van der Waals surface area contributed by atoms with Crippen molar-refractivity contribution in [2.24, 2.45) is 0 Å². The van der Waals surface area contributed by atoms with E-state index in [1.165, 1.54) is 14.1 Å². The number of Topliss-reactive ketones (excluding diaryl/α,β-unsaturated/α-hetero) is 1. The minimum absolute atomic E-state index is 0.175. The molecule has 0 bridgehead atoms. The van der Waals surface area contributed by atoms with Crippen molar-refractivity contribution in [2.45, 2.75) is 31.2 Å². The number of benzene rings is 2. The lowest BCUT2D eigenvalue weighted by atomic mass is 10.1. The number of nitrogens with zero attached hydrogens (tertiary/aromatic N) is 2. The SMILES string of the molecule is CC[C@@H](NC(=O)[C@@H](CS(=O)(=O)Cc1ccccc1)OC(=O)N(C)C)C(=O)c1nc2ccccc2o1. The molecule has 2 atom stereocenters. The van der Waals surface area contributed by atoms with Gasteiger partial charge >= 0.3 is 6.09 Å². The van der Waals surface area contributed by atoms with E-state index in [-0.39, 0.29) is 18.1 Å². The fourth-order valence-electron chi connectivity index (χ4n) is 3.25. The molecule has 10 nitrogen and oxygen atoms in total. The number of oxazole rings is 1. The minimum Gasteiger partial charge on any atom is -0.435 e. The molecule has 0 saturated heterocycles. The summed E-state index contributed by atoms with van der Waals surface area (Å²) in [6.07, 6.45) is -2.38. The lowest BCUT2D eigenvalue weighted by molar-refractivity contribution is -0.129. The summed E-state index contributed by atoms with van der Waals surface area (Å²) in [5, 5.41) is 2.49. The third-order valence-electron chi connectivity index (χ3n) is 5.08. The Morgan fingerprint density at radius 2 is 1.71 bits per heavy atom. The van der Waals surface area contributed by atoms with Crippen LogP contribution in [-0.2, 0) is 25.1 Å². The first-order valence-electron chi connectivity index (χ1n) is 10.9. The molecule has 3 rings (SSSR count). The van der Waals surface area contributed by atoms with Gasteiger partial charge in [0.2, 0.25) is 5.78 Å². The molecule has 0 fully saturated rings. The van der Waals surface area contributed by atoms with Crippen molar-refractivity contribution in [3.05, 3.63) is 66.1 Å². The number of amides is 2. The maximum Gasteiger partial charge on any atom is 0.410 e. The monoisotopic (exact) mass is 501 g/mol. The Balaban J connectivity index is 1.78. The van der Waals surface area contributed by atoms with Gasteiger partial charge in [0.15, 0.2) is 21.5 Å². The molecule has 0 unspecified atom stereocenters. The summed E-state index contributed by atoms with van der Waals surface area (Å²) in [7, 11) is -1.05. The number of para-hydroxylation sites is 2. The Kier molecular flexibility index (Phi) is 8.23. The molecule has 0 aliphatic rings. The second-order valence-electron chi connectivity index (χ2n) is 8.13. The number of ketones is 1. The van der Waals surface area contributed by atoms with E-state index in [9.17, 15) is 22.8 Å². The van der Waals surface area contributed by atoms with Crippen molar-refractivity contribution >= 4 is 38.7 Å². The summed E-state index contributed by atoms with van der Waals surface area (Å²) in [4.78, 5) is 43.4. The lowest BCUT2D eigenvalue weighted by Gasteiger charge is -2.22. The molecule has 35 heavy (non-hydrogen) atoms. The normalized spacial score (nSPS) is 13.1. The van der Waals surface area contributed by atoms with Gasteiger partial charge in [-0.2, -0.15) is 0 Å². The van der Waals surface area contributed by atoms with E-state index in [1.807, 2.05) is 0 Å². The summed E-state index contributed by atoms with van der Waals surface area (Å²) < 4.78 is 36.3. The molecule has 0 saturated carbocycles. The molecule has 11 heteroatoms. The smallest absolute Gasteiger partial charge is 0.410 e. The summed E-state index contributed by atoms with van der Waals surface area (Å²) in [5.41, 5.74) is 1.44. The van der Waals surface area contributed by atoms with Gasteiger partial charge in [-0.05, 0) is 24.1 Å². The Bertz CT molecular complexity index is 1270. The molecule has 1 aromatic heterocycles. The molecule has 2 amide bonds. The number of aromatic nitrogens is 1. The number of sulfone groups is 1. The number of carbonyl (C=O) groups is 3. The van der Waals surface area contributed by atoms with Crippen LogP contribution in [-0.4, -0.2) is 68.1 Å². The highest BCUT2D eigenvalue weighted by Gasteiger charge is 2.33. The number of carbonyl (C=O) groups excluding carboxylic acids is 3. The van der Waals surface area contributed by atoms with Crippen LogP contribution in [0.2, 0.25) is 0 Å². The zero-order valence-corrected chi connectivity index (χ0v) is 20.4. The minimum atomic E-state index is -3.85. The van der Waals surface area contributed by atoms with Crippen LogP contribution in [0.4, 0.5) is 4.79 Å². The van der Waals surface area contributed by atoms with Gasteiger partial charge in [-0.3, -0.25) is 9.59 Å². The van der Waals surface area contributed by atoms with Crippen LogP contribution < -0.4 is 5.32 Å². The van der Waals surface area contributed by atoms with Gasteiger partial charge in [0.05, 0.1) is 17.5 Å². The Hall–Kier alpha value is -3.73. The van der Waals surface area contributed by atoms with Crippen molar-refractivity contribution in [1.29, 1.82) is 0 Å². The van der Waals surface area contributed by atoms with Gasteiger partial charge in [-0.25, -0.2) is 18.2 Å². The van der Waals surface area contributed by atoms with Gasteiger partial charge < -0.3 is 19.4 Å². The molecule has 1 heterocycles. The molecule has 0 aliphatic heterocycles. The van der Waals surface area contributed by atoms with Crippen LogP contribution in [0.5, 0.6) is 0 Å². The average molecular weight is 502 g/mol. The maximum absolute atomic E-state index is 13.0. The van der Waals surface area contributed by atoms with E-state index in [2.05, 4.69) is 10.3 Å². The zero-order valence-electron chi connectivity index (χ0n) is 19.6. The molecule has 0 aliphatic carbocycles. The standard InChI is InChI=1S/C24H27N3O7S/c1-4-17(21(28)23-26-18-12-8-9-13-19(18)33-23)25-22(29)20(34-24(30)27(2)3)15-35(31,32)14-16-10-6-5-7-11-16/h5-13,17,20H,4,14-15H2,1-3H3,(H,25,29)/t17-,20-/m1/s1. The summed E-state index contributed by atoms with van der Waals surface area (Å²) in [6, 6.07) is 14.2. The number of fused-ring (bicyclic) bond motifs is 1. The van der Waals surface area contributed by atoms with E-state index < -0.39 is 45.5 Å². The summed E-state index contributed by atoms with van der Waals surface area (Å²) in [5.74, 6) is -2.76. The number of hydrogen-bond donors (Lipinski definition) is 1. The maximum atomic E-state index is 13.0. The Labute approximate surface area is 203 Å². The van der Waals surface area contributed by atoms with Crippen molar-refractivity contribution in [1.82, 2.24) is 15.2 Å². The van der Waals surface area contributed by atoms with E-state index >= 15 is 0 Å². The molecular weight excluding hydrogens is 474 g/mol. The van der Waals surface area contributed by atoms with E-state index in [1.54, 1.807) is 61.5 Å². The highest BCUT2D eigenvalue weighted by Crippen LogP contribution is 2.17. The lowest BCUT2D eigenvalue weighted by Crippen LogP contribution is -2.49. The highest BCUT2D eigenvalue weighted by atomic mass is 32.2. The number of hydrogen-bond acceptors (Lipinski definition) is 8. The van der Waals surface area contributed by atoms with Crippen LogP contribution in [0.1, 0.15) is 29.6 Å². The molecule has 0 radical (unpaired) electrons. The zero-order chi connectivity index (χ0) is 25.6. The summed E-state index contributed by atoms with van der Waals surface area (Å²) in [6.45, 7) is 1.67. The third kappa shape index (κ3) is 6.89. The second-order valence-corrected chi connectivity index (χ2v) is 10.2. The molecule has 0 spiro atoms. The van der Waals surface area contributed by atoms with E-state index in [0.29, 0.717) is 16.7 Å². The van der Waals surface area contributed by atoms with Gasteiger partial charge in [0.25, 0.3) is 11.8 Å². The van der Waals surface area contributed by atoms with Crippen LogP contribution >= 0.6 is 0 Å². The van der Waals surface area contributed by atoms with Crippen molar-refractivity contribution in [3.8, 4) is 0 Å². The topological polar surface area (TPSA) is 136 Å². The van der Waals surface area contributed by atoms with Gasteiger partial charge in [0.1, 0.15) is 5.52 Å². The predicted octanol–water partition coefficient (Wildman–Crippen LogP) is 2.59. The Morgan fingerprint density at radius 3 is 2.34 bits per heavy atom. The second kappa shape index (κ2) is 11.1. The number of nitrogens with one attached hydrogen (secondary N) is 1. The Morgan fingerprint density at radius 1 is 1.06 bits per heavy atom. The fraction of sp³-hybridized carbons (Fsp3) is 0.333. The van der Waals surface area contributed by atoms with Gasteiger partial charge in [-0.1, -0.05) is 49.4 Å². The molecular formula is C24H27N3O7S. The third-order valence-corrected chi connectivity index (χ3v) is 6.67. The highest BCUT2D eigenvalue weighted by molar-refractivity contribution is 7.90. The van der Waals surface area contributed by atoms with Crippen molar-refractivity contribution in [3.63, 3.8) is 0 Å². The quantitative estimate of drug-likeness (QED) is 0.419. The summed E-state index contributed by atoms with van der Waals surface area (Å²) >= 11 is 0. The first-order valence-corrected chi connectivity index (χ1v) is 12.7.